The van der Waals surface area contributed by atoms with E-state index in [1.807, 2.05) is 26.3 Å². The van der Waals surface area contributed by atoms with Crippen molar-refractivity contribution >= 4 is 23.6 Å². The number of hydrogen-bond donors (Lipinski definition) is 0. The molecule has 9 nitrogen and oxygen atoms in total. The van der Waals surface area contributed by atoms with E-state index in [0.717, 1.165) is 28.2 Å². The molecule has 0 saturated carbocycles. The second kappa shape index (κ2) is 7.97. The van der Waals surface area contributed by atoms with Gasteiger partial charge in [-0.3, -0.25) is 9.67 Å². The van der Waals surface area contributed by atoms with Crippen LogP contribution in [0.3, 0.4) is 0 Å². The second-order valence-electron chi connectivity index (χ2n) is 7.95. The Morgan fingerprint density at radius 1 is 1.28 bits per heavy atom. The van der Waals surface area contributed by atoms with Crippen molar-refractivity contribution in [1.29, 1.82) is 0 Å². The van der Waals surface area contributed by atoms with Crippen LogP contribution in [0.4, 0.5) is 9.18 Å². The lowest BCUT2D eigenvalue weighted by atomic mass is 10.1. The third kappa shape index (κ3) is 3.62. The van der Waals surface area contributed by atoms with Crippen LogP contribution in [0.5, 0.6) is 5.75 Å². The van der Waals surface area contributed by atoms with Gasteiger partial charge in [0, 0.05) is 36.8 Å². The number of thiazole rings is 1. The van der Waals surface area contributed by atoms with E-state index in [4.69, 9.17) is 4.74 Å². The zero-order valence-corrected chi connectivity index (χ0v) is 18.7. The Kier molecular flexibility index (Phi) is 5.12. The first-order valence-electron chi connectivity index (χ1n) is 10.2. The SMILES string of the molecule is Cc1csc(C2CC=NN2C(=O)N2CC(Oc3cc(-c4c(C)cnn4C)ncc3F)C2)n1. The van der Waals surface area contributed by atoms with E-state index in [1.165, 1.54) is 16.3 Å². The summed E-state index contributed by atoms with van der Waals surface area (Å²) in [4.78, 5) is 23.3. The summed E-state index contributed by atoms with van der Waals surface area (Å²) in [6, 6.07) is 1.21. The zero-order valence-electron chi connectivity index (χ0n) is 17.9. The normalized spacial score (nSPS) is 18.3. The molecular formula is C21H22FN7O2S. The van der Waals surface area contributed by atoms with Crippen molar-refractivity contribution in [2.45, 2.75) is 32.4 Å². The summed E-state index contributed by atoms with van der Waals surface area (Å²) in [6.07, 6.45) is 4.96. The van der Waals surface area contributed by atoms with Gasteiger partial charge >= 0.3 is 6.03 Å². The van der Waals surface area contributed by atoms with Crippen molar-refractivity contribution in [3.63, 3.8) is 0 Å². The molecule has 3 aromatic rings. The number of likely N-dealkylation sites (tertiary alicyclic amines) is 1. The lowest BCUT2D eigenvalue weighted by Gasteiger charge is -2.40. The van der Waals surface area contributed by atoms with Crippen molar-refractivity contribution in [2.24, 2.45) is 12.1 Å². The van der Waals surface area contributed by atoms with Gasteiger partial charge in [0.2, 0.25) is 0 Å². The summed E-state index contributed by atoms with van der Waals surface area (Å²) >= 11 is 1.53. The summed E-state index contributed by atoms with van der Waals surface area (Å²) < 4.78 is 21.9. The van der Waals surface area contributed by atoms with Gasteiger partial charge < -0.3 is 9.64 Å². The Balaban J connectivity index is 1.24. The van der Waals surface area contributed by atoms with Crippen LogP contribution in [0.2, 0.25) is 0 Å². The van der Waals surface area contributed by atoms with E-state index < -0.39 is 5.82 Å². The molecule has 2 amide bonds. The molecule has 0 aromatic carbocycles. The Morgan fingerprint density at radius 2 is 2.09 bits per heavy atom. The number of amides is 2. The van der Waals surface area contributed by atoms with Gasteiger partial charge in [-0.25, -0.2) is 19.2 Å². The van der Waals surface area contributed by atoms with Crippen LogP contribution in [0.15, 0.2) is 28.9 Å². The third-order valence-corrected chi connectivity index (χ3v) is 6.61. The fraction of sp³-hybridized carbons (Fsp3) is 0.381. The standard InChI is InChI=1S/C21H22FN7O2S/c1-12-7-25-27(3)19(12)16-6-18(15(22)8-23-16)31-14-9-28(10-14)21(30)29-17(4-5-24-29)20-26-13(2)11-32-20/h5-8,11,14,17H,4,9-10H2,1-3H3. The summed E-state index contributed by atoms with van der Waals surface area (Å²) in [5, 5.41) is 12.8. The van der Waals surface area contributed by atoms with Crippen LogP contribution < -0.4 is 4.74 Å². The van der Waals surface area contributed by atoms with Crippen molar-refractivity contribution < 1.29 is 13.9 Å². The Bertz CT molecular complexity index is 1180. The minimum Gasteiger partial charge on any atom is -0.483 e. The number of carbonyl (C=O) groups is 1. The molecule has 0 N–H and O–H groups in total. The molecule has 1 unspecified atom stereocenters. The first-order valence-corrected chi connectivity index (χ1v) is 11.1. The maximum absolute atomic E-state index is 14.4. The van der Waals surface area contributed by atoms with Crippen LogP contribution in [0.25, 0.3) is 11.4 Å². The predicted octanol–water partition coefficient (Wildman–Crippen LogP) is 3.31. The Hall–Kier alpha value is -3.34. The lowest BCUT2D eigenvalue weighted by Crippen LogP contribution is -2.58. The molecule has 0 bridgehead atoms. The molecule has 5 rings (SSSR count). The quantitative estimate of drug-likeness (QED) is 0.602. The lowest BCUT2D eigenvalue weighted by molar-refractivity contribution is 0.0257. The van der Waals surface area contributed by atoms with Crippen LogP contribution in [0.1, 0.15) is 28.7 Å². The molecule has 0 spiro atoms. The molecule has 1 saturated heterocycles. The van der Waals surface area contributed by atoms with Crippen LogP contribution >= 0.6 is 11.3 Å². The Morgan fingerprint density at radius 3 is 2.78 bits per heavy atom. The second-order valence-corrected chi connectivity index (χ2v) is 8.84. The smallest absolute Gasteiger partial charge is 0.341 e. The van der Waals surface area contributed by atoms with Gasteiger partial charge in [-0.1, -0.05) is 0 Å². The van der Waals surface area contributed by atoms with Gasteiger partial charge in [-0.05, 0) is 19.4 Å². The summed E-state index contributed by atoms with van der Waals surface area (Å²) in [7, 11) is 1.81. The number of halogens is 1. The molecule has 0 radical (unpaired) electrons. The molecule has 0 aliphatic carbocycles. The van der Waals surface area contributed by atoms with Crippen molar-refractivity contribution in [1.82, 2.24) is 29.7 Å². The van der Waals surface area contributed by atoms with E-state index in [0.29, 0.717) is 25.2 Å². The summed E-state index contributed by atoms with van der Waals surface area (Å²) in [5.41, 5.74) is 3.26. The van der Waals surface area contributed by atoms with Crippen LogP contribution in [0, 0.1) is 19.7 Å². The molecule has 1 fully saturated rings. The van der Waals surface area contributed by atoms with Gasteiger partial charge in [0.05, 0.1) is 36.9 Å². The number of aromatic nitrogens is 4. The summed E-state index contributed by atoms with van der Waals surface area (Å²) in [5.74, 6) is -0.426. The molecule has 3 aromatic heterocycles. The highest BCUT2D eigenvalue weighted by Gasteiger charge is 2.40. The highest BCUT2D eigenvalue weighted by atomic mass is 32.1. The average molecular weight is 456 g/mol. The number of rotatable bonds is 4. The van der Waals surface area contributed by atoms with Crippen molar-refractivity contribution in [3.05, 3.63) is 45.9 Å². The Labute approximate surface area is 188 Å². The van der Waals surface area contributed by atoms with Gasteiger partial charge in [-0.2, -0.15) is 10.2 Å². The minimum absolute atomic E-state index is 0.114. The number of carbonyl (C=O) groups excluding carboxylic acids is 1. The number of pyridine rings is 1. The number of nitrogens with zero attached hydrogens (tertiary/aromatic N) is 7. The van der Waals surface area contributed by atoms with Gasteiger partial charge in [-0.15, -0.1) is 11.3 Å². The molecule has 11 heteroatoms. The van der Waals surface area contributed by atoms with Gasteiger partial charge in [0.1, 0.15) is 17.2 Å². The maximum Gasteiger partial charge on any atom is 0.341 e. The number of hydrogen-bond acceptors (Lipinski definition) is 7. The van der Waals surface area contributed by atoms with E-state index in [2.05, 4.69) is 20.2 Å². The first-order chi connectivity index (χ1) is 15.4. The predicted molar refractivity (Wildman–Crippen MR) is 117 cm³/mol. The minimum atomic E-state index is -0.540. The zero-order chi connectivity index (χ0) is 22.4. The van der Waals surface area contributed by atoms with E-state index >= 15 is 0 Å². The maximum atomic E-state index is 14.4. The first kappa shape index (κ1) is 20.6. The monoisotopic (exact) mass is 455 g/mol. The molecule has 166 valence electrons. The topological polar surface area (TPSA) is 88.7 Å². The molecule has 5 heterocycles. The van der Waals surface area contributed by atoms with E-state index in [1.54, 1.807) is 28.1 Å². The van der Waals surface area contributed by atoms with Gasteiger partial charge in [0.15, 0.2) is 11.6 Å². The number of urea groups is 1. The molecule has 32 heavy (non-hydrogen) atoms. The van der Waals surface area contributed by atoms with Crippen molar-refractivity contribution in [3.8, 4) is 17.1 Å². The molecular weight excluding hydrogens is 433 g/mol. The highest BCUT2D eigenvalue weighted by molar-refractivity contribution is 7.09. The number of aryl methyl sites for hydroxylation is 3. The number of ether oxygens (including phenoxy) is 1. The van der Waals surface area contributed by atoms with E-state index in [9.17, 15) is 9.18 Å². The van der Waals surface area contributed by atoms with Crippen molar-refractivity contribution in [2.75, 3.05) is 13.1 Å². The average Bonchev–Trinajstić information content (AvgIpc) is 3.46. The molecule has 1 atom stereocenters. The van der Waals surface area contributed by atoms with Gasteiger partial charge in [0.25, 0.3) is 0 Å². The third-order valence-electron chi connectivity index (χ3n) is 5.54. The summed E-state index contributed by atoms with van der Waals surface area (Å²) in [6.45, 7) is 4.57. The fourth-order valence-corrected chi connectivity index (χ4v) is 4.77. The largest absolute Gasteiger partial charge is 0.483 e. The van der Waals surface area contributed by atoms with Crippen LogP contribution in [-0.2, 0) is 7.05 Å². The van der Waals surface area contributed by atoms with Crippen LogP contribution in [-0.4, -0.2) is 61.1 Å². The van der Waals surface area contributed by atoms with E-state index in [-0.39, 0.29) is 23.9 Å². The highest BCUT2D eigenvalue weighted by Crippen LogP contribution is 2.33. The molecule has 2 aliphatic rings. The molecule has 2 aliphatic heterocycles. The number of hydrazone groups is 1. The fourth-order valence-electron chi connectivity index (χ4n) is 3.88.